The van der Waals surface area contributed by atoms with Gasteiger partial charge in [0.25, 0.3) is 5.91 Å². The lowest BCUT2D eigenvalue weighted by Crippen LogP contribution is -2.62. The van der Waals surface area contributed by atoms with Gasteiger partial charge in [-0.1, -0.05) is 6.07 Å². The van der Waals surface area contributed by atoms with E-state index in [9.17, 15) is 9.90 Å². The second-order valence-electron chi connectivity index (χ2n) is 6.80. The average molecular weight is 318 g/mol. The minimum absolute atomic E-state index is 0.0337. The molecule has 1 heterocycles. The summed E-state index contributed by atoms with van der Waals surface area (Å²) in [5.74, 6) is 0.0337. The van der Waals surface area contributed by atoms with Crippen LogP contribution in [0.1, 0.15) is 42.1 Å². The molecule has 2 aliphatic rings. The maximum Gasteiger partial charge on any atom is 0.254 e. The zero-order valence-electron chi connectivity index (χ0n) is 13.9. The first-order valence-corrected chi connectivity index (χ1v) is 8.43. The lowest BCUT2D eigenvalue weighted by atomic mass is 9.58. The number of ether oxygens (including phenoxy) is 1. The van der Waals surface area contributed by atoms with Crippen LogP contribution in [0.25, 0.3) is 0 Å². The molecular formula is C18H26N2O3. The number of anilines is 1. The second-order valence-corrected chi connectivity index (χ2v) is 6.80. The molecule has 0 bridgehead atoms. The number of likely N-dealkylation sites (tertiary alicyclic amines) is 1. The Balaban J connectivity index is 1.69. The summed E-state index contributed by atoms with van der Waals surface area (Å²) in [5, 5.41) is 10.2. The van der Waals surface area contributed by atoms with Crippen molar-refractivity contribution in [1.82, 2.24) is 4.90 Å². The molecule has 1 aromatic rings. The monoisotopic (exact) mass is 318 g/mol. The Bertz CT molecular complexity index is 592. The zero-order valence-corrected chi connectivity index (χ0v) is 13.9. The van der Waals surface area contributed by atoms with Crippen LogP contribution in [0.15, 0.2) is 18.2 Å². The third-order valence-corrected chi connectivity index (χ3v) is 5.58. The number of benzene rings is 1. The Morgan fingerprint density at radius 1 is 1.43 bits per heavy atom. The van der Waals surface area contributed by atoms with Gasteiger partial charge >= 0.3 is 0 Å². The Morgan fingerprint density at radius 2 is 2.13 bits per heavy atom. The van der Waals surface area contributed by atoms with Crippen LogP contribution < -0.4 is 5.73 Å². The molecule has 1 amide bonds. The van der Waals surface area contributed by atoms with Crippen molar-refractivity contribution in [2.45, 2.75) is 45.3 Å². The number of nitrogens with two attached hydrogens (primary N) is 1. The highest BCUT2D eigenvalue weighted by atomic mass is 16.5. The van der Waals surface area contributed by atoms with E-state index >= 15 is 0 Å². The number of aliphatic hydroxyl groups excluding tert-OH is 1. The van der Waals surface area contributed by atoms with E-state index in [0.29, 0.717) is 30.9 Å². The molecule has 2 fully saturated rings. The predicted molar refractivity (Wildman–Crippen MR) is 89.2 cm³/mol. The Hall–Kier alpha value is -1.59. The highest BCUT2D eigenvalue weighted by Gasteiger charge is 2.56. The molecule has 2 atom stereocenters. The fourth-order valence-corrected chi connectivity index (χ4v) is 3.98. The largest absolute Gasteiger partial charge is 0.399 e. The first kappa shape index (κ1) is 16.3. The quantitative estimate of drug-likeness (QED) is 0.836. The van der Waals surface area contributed by atoms with Gasteiger partial charge in [-0.05, 0) is 44.4 Å². The van der Waals surface area contributed by atoms with Gasteiger partial charge in [-0.15, -0.1) is 0 Å². The number of rotatable bonds is 3. The van der Waals surface area contributed by atoms with Crippen LogP contribution in [0, 0.1) is 12.3 Å². The smallest absolute Gasteiger partial charge is 0.254 e. The number of piperidine rings is 1. The standard InChI is InChI=1S/C18H26N2O3/c1-3-23-16-11-15(21)18(16)6-8-20(9-7-18)17(22)14-10-13(19)5-4-12(14)2/h4-5,10,15-16,21H,3,6-9,11,19H2,1-2H3. The normalized spacial score (nSPS) is 26.1. The van der Waals surface area contributed by atoms with Gasteiger partial charge in [0.1, 0.15) is 0 Å². The summed E-state index contributed by atoms with van der Waals surface area (Å²) in [5.41, 5.74) is 7.89. The Morgan fingerprint density at radius 3 is 2.74 bits per heavy atom. The van der Waals surface area contributed by atoms with Crippen LogP contribution in [0.2, 0.25) is 0 Å². The SMILES string of the molecule is CCOC1CC(O)C12CCN(C(=O)c1cc(N)ccc1C)CC2. The molecule has 2 unspecified atom stereocenters. The molecule has 1 aliphatic heterocycles. The maximum absolute atomic E-state index is 12.8. The number of hydrogen-bond acceptors (Lipinski definition) is 4. The van der Waals surface area contributed by atoms with Crippen molar-refractivity contribution in [2.24, 2.45) is 5.41 Å². The van der Waals surface area contributed by atoms with Crippen molar-refractivity contribution in [2.75, 3.05) is 25.4 Å². The fourth-order valence-electron chi connectivity index (χ4n) is 3.98. The van der Waals surface area contributed by atoms with Crippen molar-refractivity contribution in [3.05, 3.63) is 29.3 Å². The van der Waals surface area contributed by atoms with Crippen LogP contribution in [-0.4, -0.2) is 47.8 Å². The summed E-state index contributed by atoms with van der Waals surface area (Å²) in [6.45, 7) is 5.91. The number of amides is 1. The van der Waals surface area contributed by atoms with Crippen LogP contribution in [-0.2, 0) is 4.74 Å². The molecule has 1 spiro atoms. The second kappa shape index (κ2) is 6.13. The van der Waals surface area contributed by atoms with Gasteiger partial charge in [0, 0.05) is 42.8 Å². The maximum atomic E-state index is 12.8. The number of aryl methyl sites for hydroxylation is 1. The first-order valence-electron chi connectivity index (χ1n) is 8.43. The van der Waals surface area contributed by atoms with Gasteiger partial charge in [0.05, 0.1) is 12.2 Å². The molecule has 1 aliphatic carbocycles. The molecule has 23 heavy (non-hydrogen) atoms. The third kappa shape index (κ3) is 2.72. The topological polar surface area (TPSA) is 75.8 Å². The van der Waals surface area contributed by atoms with E-state index in [1.165, 1.54) is 0 Å². The van der Waals surface area contributed by atoms with Gasteiger partial charge in [-0.3, -0.25) is 4.79 Å². The number of hydrogen-bond donors (Lipinski definition) is 2. The van der Waals surface area contributed by atoms with Crippen molar-refractivity contribution in [3.8, 4) is 0 Å². The van der Waals surface area contributed by atoms with Gasteiger partial charge < -0.3 is 20.5 Å². The van der Waals surface area contributed by atoms with Crippen LogP contribution in [0.4, 0.5) is 5.69 Å². The first-order chi connectivity index (χ1) is 11.0. The van der Waals surface area contributed by atoms with E-state index < -0.39 is 0 Å². The van der Waals surface area contributed by atoms with Crippen LogP contribution >= 0.6 is 0 Å². The number of aliphatic hydroxyl groups is 1. The summed E-state index contributed by atoms with van der Waals surface area (Å²) >= 11 is 0. The Kier molecular flexibility index (Phi) is 4.34. The van der Waals surface area contributed by atoms with Crippen LogP contribution in [0.5, 0.6) is 0 Å². The predicted octanol–water partition coefficient (Wildman–Crippen LogP) is 1.97. The fraction of sp³-hybridized carbons (Fsp3) is 0.611. The molecule has 126 valence electrons. The molecule has 0 aromatic heterocycles. The lowest BCUT2D eigenvalue weighted by Gasteiger charge is -2.56. The van der Waals surface area contributed by atoms with E-state index in [4.69, 9.17) is 10.5 Å². The molecule has 5 heteroatoms. The van der Waals surface area contributed by atoms with Gasteiger partial charge in [-0.2, -0.15) is 0 Å². The highest BCUT2D eigenvalue weighted by molar-refractivity contribution is 5.96. The third-order valence-electron chi connectivity index (χ3n) is 5.58. The van der Waals surface area contributed by atoms with Crippen molar-refractivity contribution in [1.29, 1.82) is 0 Å². The van der Waals surface area contributed by atoms with Crippen LogP contribution in [0.3, 0.4) is 0 Å². The van der Waals surface area contributed by atoms with Gasteiger partial charge in [-0.25, -0.2) is 0 Å². The number of nitrogens with zero attached hydrogens (tertiary/aromatic N) is 1. The minimum Gasteiger partial charge on any atom is -0.399 e. The molecular weight excluding hydrogens is 292 g/mol. The Labute approximate surface area is 137 Å². The number of carbonyl (C=O) groups excluding carboxylic acids is 1. The molecule has 1 saturated carbocycles. The van der Waals surface area contributed by atoms with E-state index in [0.717, 1.165) is 24.8 Å². The summed E-state index contributed by atoms with van der Waals surface area (Å²) in [6, 6.07) is 5.45. The summed E-state index contributed by atoms with van der Waals surface area (Å²) in [6.07, 6.45) is 2.15. The number of carbonyl (C=O) groups is 1. The van der Waals surface area contributed by atoms with Gasteiger partial charge in [0.2, 0.25) is 0 Å². The van der Waals surface area contributed by atoms with E-state index in [1.807, 2.05) is 30.9 Å². The van der Waals surface area contributed by atoms with Crippen molar-refractivity contribution >= 4 is 11.6 Å². The molecule has 5 nitrogen and oxygen atoms in total. The highest BCUT2D eigenvalue weighted by Crippen LogP contribution is 2.51. The van der Waals surface area contributed by atoms with E-state index in [1.54, 1.807) is 6.07 Å². The molecule has 3 N–H and O–H groups in total. The molecule has 1 saturated heterocycles. The van der Waals surface area contributed by atoms with Gasteiger partial charge in [0.15, 0.2) is 0 Å². The zero-order chi connectivity index (χ0) is 16.6. The van der Waals surface area contributed by atoms with Crippen molar-refractivity contribution < 1.29 is 14.6 Å². The average Bonchev–Trinajstić information content (AvgIpc) is 2.56. The minimum atomic E-state index is -0.301. The van der Waals surface area contributed by atoms with Crippen molar-refractivity contribution in [3.63, 3.8) is 0 Å². The summed E-state index contributed by atoms with van der Waals surface area (Å²) in [7, 11) is 0. The summed E-state index contributed by atoms with van der Waals surface area (Å²) in [4.78, 5) is 14.6. The summed E-state index contributed by atoms with van der Waals surface area (Å²) < 4.78 is 5.78. The molecule has 1 aromatic carbocycles. The van der Waals surface area contributed by atoms with E-state index in [2.05, 4.69) is 0 Å². The number of nitrogen functional groups attached to an aromatic ring is 1. The van der Waals surface area contributed by atoms with E-state index in [-0.39, 0.29) is 23.5 Å². The lowest BCUT2D eigenvalue weighted by molar-refractivity contribution is -0.207. The molecule has 0 radical (unpaired) electrons. The molecule has 3 rings (SSSR count).